The summed E-state index contributed by atoms with van der Waals surface area (Å²) in [7, 11) is 0. The van der Waals surface area contributed by atoms with Crippen molar-refractivity contribution in [3.05, 3.63) is 35.9 Å². The maximum Gasteiger partial charge on any atom is 0.408 e. The largest absolute Gasteiger partial charge is 0.444 e. The average molecular weight is 494 g/mol. The van der Waals surface area contributed by atoms with E-state index in [1.807, 2.05) is 65.0 Å². The van der Waals surface area contributed by atoms with Crippen LogP contribution in [0.4, 0.5) is 4.79 Å². The third kappa shape index (κ3) is 9.71. The molecule has 7 heteroatoms. The van der Waals surface area contributed by atoms with Gasteiger partial charge in [0.1, 0.15) is 17.8 Å². The second-order valence-corrected chi connectivity index (χ2v) is 11.1. The van der Waals surface area contributed by atoms with Crippen molar-refractivity contribution in [3.8, 4) is 0 Å². The van der Waals surface area contributed by atoms with Crippen molar-refractivity contribution >= 4 is 6.09 Å². The molecule has 1 aliphatic heterocycles. The Bertz CT molecular complexity index is 752. The number of hydrogen-bond acceptors (Lipinski definition) is 6. The Hall–Kier alpha value is -1.67. The first kappa shape index (κ1) is 29.6. The molecule has 2 N–H and O–H groups in total. The molecule has 7 nitrogen and oxygen atoms in total. The van der Waals surface area contributed by atoms with Gasteiger partial charge in [-0.2, -0.15) is 0 Å². The standard InChI is InChI=1S/C28H47NO6/c1-8-10-17-28(31,18-11-9-2)24(32-19-21-15-13-12-14-16-21)23(22-20-33-27(6,7)34-22)29-25(30)35-26(3,4)5/h12-16,22-24,31H,8-11,17-20H2,1-7H3,(H,29,30)/t22-,23+,24-/m1/s1. The number of carbonyl (C=O) groups excluding carboxylic acids is 1. The van der Waals surface area contributed by atoms with Gasteiger partial charge in [-0.1, -0.05) is 69.9 Å². The van der Waals surface area contributed by atoms with Crippen LogP contribution in [0.5, 0.6) is 0 Å². The highest BCUT2D eigenvalue weighted by Crippen LogP contribution is 2.35. The zero-order chi connectivity index (χ0) is 26.1. The van der Waals surface area contributed by atoms with E-state index in [9.17, 15) is 9.90 Å². The molecule has 0 aromatic heterocycles. The molecule has 200 valence electrons. The molecule has 0 unspecified atom stereocenters. The lowest BCUT2D eigenvalue weighted by molar-refractivity contribution is -0.173. The number of benzene rings is 1. The van der Waals surface area contributed by atoms with Gasteiger partial charge >= 0.3 is 6.09 Å². The molecular formula is C28H47NO6. The Balaban J connectivity index is 2.44. The quantitative estimate of drug-likeness (QED) is 0.365. The third-order valence-corrected chi connectivity index (χ3v) is 6.17. The van der Waals surface area contributed by atoms with Crippen LogP contribution in [0.3, 0.4) is 0 Å². The highest BCUT2D eigenvalue weighted by atomic mass is 16.7. The lowest BCUT2D eigenvalue weighted by Gasteiger charge is -2.42. The van der Waals surface area contributed by atoms with Crippen molar-refractivity contribution in [1.29, 1.82) is 0 Å². The highest BCUT2D eigenvalue weighted by molar-refractivity contribution is 5.68. The second kappa shape index (κ2) is 13.0. The van der Waals surface area contributed by atoms with E-state index in [1.165, 1.54) is 0 Å². The molecule has 0 aliphatic carbocycles. The van der Waals surface area contributed by atoms with E-state index in [-0.39, 0.29) is 6.61 Å². The first-order valence-electron chi connectivity index (χ1n) is 13.1. The monoisotopic (exact) mass is 493 g/mol. The topological polar surface area (TPSA) is 86.3 Å². The third-order valence-electron chi connectivity index (χ3n) is 6.17. The number of ether oxygens (including phenoxy) is 4. The number of alkyl carbamates (subject to hydrolysis) is 1. The smallest absolute Gasteiger partial charge is 0.408 e. The Morgan fingerprint density at radius 3 is 2.23 bits per heavy atom. The molecule has 1 aromatic carbocycles. The van der Waals surface area contributed by atoms with Crippen molar-refractivity contribution in [2.75, 3.05) is 6.61 Å². The maximum absolute atomic E-state index is 13.0. The average Bonchev–Trinajstić information content (AvgIpc) is 3.14. The van der Waals surface area contributed by atoms with Gasteiger partial charge in [0.2, 0.25) is 0 Å². The van der Waals surface area contributed by atoms with Crippen molar-refractivity contribution in [3.63, 3.8) is 0 Å². The van der Waals surface area contributed by atoms with Gasteiger partial charge in [-0.05, 0) is 53.0 Å². The number of carbonyl (C=O) groups is 1. The summed E-state index contributed by atoms with van der Waals surface area (Å²) < 4.78 is 24.1. The molecule has 3 atom stereocenters. The van der Waals surface area contributed by atoms with Crippen LogP contribution in [0, 0.1) is 0 Å². The first-order chi connectivity index (χ1) is 16.4. The van der Waals surface area contributed by atoms with E-state index in [0.717, 1.165) is 31.2 Å². The Morgan fingerprint density at radius 2 is 1.74 bits per heavy atom. The van der Waals surface area contributed by atoms with Crippen LogP contribution < -0.4 is 5.32 Å². The van der Waals surface area contributed by atoms with E-state index in [0.29, 0.717) is 19.4 Å². The summed E-state index contributed by atoms with van der Waals surface area (Å²) in [4.78, 5) is 13.0. The van der Waals surface area contributed by atoms with Crippen molar-refractivity contribution < 1.29 is 28.8 Å². The SMILES string of the molecule is CCCCC(O)(CCCC)[C@H](OCc1ccccc1)[C@@H](NC(=O)OC(C)(C)C)[C@H]1COC(C)(C)O1. The van der Waals surface area contributed by atoms with Crippen LogP contribution in [-0.4, -0.2) is 53.0 Å². The molecule has 0 bridgehead atoms. The van der Waals surface area contributed by atoms with Gasteiger partial charge in [0.15, 0.2) is 5.79 Å². The minimum atomic E-state index is -1.16. The second-order valence-electron chi connectivity index (χ2n) is 11.1. The van der Waals surface area contributed by atoms with Gasteiger partial charge < -0.3 is 29.4 Å². The predicted octanol–water partition coefficient (Wildman–Crippen LogP) is 5.73. The summed E-state index contributed by atoms with van der Waals surface area (Å²) in [5, 5.41) is 15.1. The Labute approximate surface area is 211 Å². The van der Waals surface area contributed by atoms with Gasteiger partial charge in [-0.25, -0.2) is 4.79 Å². The van der Waals surface area contributed by atoms with Crippen molar-refractivity contribution in [2.24, 2.45) is 0 Å². The Morgan fingerprint density at radius 1 is 1.14 bits per heavy atom. The summed E-state index contributed by atoms with van der Waals surface area (Å²) in [5.74, 6) is -0.798. The predicted molar refractivity (Wildman–Crippen MR) is 137 cm³/mol. The fourth-order valence-electron chi connectivity index (χ4n) is 4.43. The normalized spacial score (nSPS) is 19.8. The molecule has 0 radical (unpaired) electrons. The Kier molecular flexibility index (Phi) is 11.0. The number of nitrogens with one attached hydrogen (secondary N) is 1. The molecule has 1 saturated heterocycles. The highest BCUT2D eigenvalue weighted by Gasteiger charge is 2.49. The van der Waals surface area contributed by atoms with Crippen LogP contribution in [0.25, 0.3) is 0 Å². The van der Waals surface area contributed by atoms with Gasteiger partial charge in [-0.3, -0.25) is 0 Å². The van der Waals surface area contributed by atoms with Crippen molar-refractivity contribution in [2.45, 2.75) is 129 Å². The fourth-order valence-corrected chi connectivity index (χ4v) is 4.43. The van der Waals surface area contributed by atoms with E-state index in [1.54, 1.807) is 0 Å². The summed E-state index contributed by atoms with van der Waals surface area (Å²) in [6.07, 6.45) is 2.90. The first-order valence-corrected chi connectivity index (χ1v) is 13.1. The van der Waals surface area contributed by atoms with Crippen LogP contribution in [0.2, 0.25) is 0 Å². The van der Waals surface area contributed by atoms with Crippen LogP contribution in [0.15, 0.2) is 30.3 Å². The van der Waals surface area contributed by atoms with Crippen molar-refractivity contribution in [1.82, 2.24) is 5.32 Å². The number of unbranched alkanes of at least 4 members (excludes halogenated alkanes) is 2. The van der Waals surface area contributed by atoms with Gasteiger partial charge in [0.25, 0.3) is 0 Å². The molecule has 1 fully saturated rings. The number of rotatable bonds is 13. The lowest BCUT2D eigenvalue weighted by Crippen LogP contribution is -2.62. The minimum Gasteiger partial charge on any atom is -0.444 e. The van der Waals surface area contributed by atoms with Crippen LogP contribution in [-0.2, 0) is 25.6 Å². The van der Waals surface area contributed by atoms with Gasteiger partial charge in [0, 0.05) is 0 Å². The molecule has 1 aromatic rings. The summed E-state index contributed by atoms with van der Waals surface area (Å²) in [6.45, 7) is 13.9. The molecule has 1 heterocycles. The summed E-state index contributed by atoms with van der Waals surface area (Å²) in [5.41, 5.74) is -0.829. The molecular weight excluding hydrogens is 446 g/mol. The summed E-state index contributed by atoms with van der Waals surface area (Å²) in [6, 6.07) is 9.18. The molecule has 1 aliphatic rings. The van der Waals surface area contributed by atoms with Gasteiger partial charge in [0.05, 0.1) is 24.9 Å². The van der Waals surface area contributed by atoms with Crippen LogP contribution >= 0.6 is 0 Å². The molecule has 35 heavy (non-hydrogen) atoms. The number of aliphatic hydroxyl groups is 1. The maximum atomic E-state index is 13.0. The van der Waals surface area contributed by atoms with Gasteiger partial charge in [-0.15, -0.1) is 0 Å². The molecule has 2 rings (SSSR count). The minimum absolute atomic E-state index is 0.274. The van der Waals surface area contributed by atoms with E-state index < -0.39 is 41.3 Å². The lowest BCUT2D eigenvalue weighted by atomic mass is 9.80. The summed E-state index contributed by atoms with van der Waals surface area (Å²) >= 11 is 0. The molecule has 1 amide bonds. The zero-order valence-corrected chi connectivity index (χ0v) is 22.8. The van der Waals surface area contributed by atoms with Crippen LogP contribution in [0.1, 0.15) is 92.6 Å². The number of amides is 1. The fraction of sp³-hybridized carbons (Fsp3) is 0.750. The van der Waals surface area contributed by atoms with E-state index >= 15 is 0 Å². The van der Waals surface area contributed by atoms with E-state index in [2.05, 4.69) is 19.2 Å². The van der Waals surface area contributed by atoms with E-state index in [4.69, 9.17) is 18.9 Å². The molecule has 0 saturated carbocycles. The number of hydrogen-bond donors (Lipinski definition) is 2. The molecule has 0 spiro atoms. The zero-order valence-electron chi connectivity index (χ0n) is 22.8.